The molecule has 0 aliphatic rings. The topological polar surface area (TPSA) is 49.4 Å². The lowest BCUT2D eigenvalue weighted by Gasteiger charge is -2.32. The molecule has 0 bridgehead atoms. The van der Waals surface area contributed by atoms with E-state index in [0.717, 1.165) is 15.6 Å². The van der Waals surface area contributed by atoms with E-state index < -0.39 is 11.9 Å². The molecule has 0 spiro atoms. The van der Waals surface area contributed by atoms with E-state index in [4.69, 9.17) is 0 Å². The van der Waals surface area contributed by atoms with Gasteiger partial charge in [0.05, 0.1) is 6.42 Å². The lowest BCUT2D eigenvalue weighted by molar-refractivity contribution is -0.140. The fourth-order valence-corrected chi connectivity index (χ4v) is 4.16. The van der Waals surface area contributed by atoms with Crippen molar-refractivity contribution in [1.82, 2.24) is 10.2 Å². The number of halogens is 2. The van der Waals surface area contributed by atoms with Gasteiger partial charge in [-0.25, -0.2) is 4.39 Å². The molecule has 3 rings (SSSR count). The molecule has 34 heavy (non-hydrogen) atoms. The highest BCUT2D eigenvalue weighted by molar-refractivity contribution is 9.10. The van der Waals surface area contributed by atoms with Gasteiger partial charge in [0.1, 0.15) is 11.9 Å². The van der Waals surface area contributed by atoms with Crippen LogP contribution in [0.25, 0.3) is 0 Å². The second-order valence-corrected chi connectivity index (χ2v) is 9.68. The average Bonchev–Trinajstić information content (AvgIpc) is 2.82. The molecule has 4 nitrogen and oxygen atoms in total. The Bertz CT molecular complexity index is 1100. The summed E-state index contributed by atoms with van der Waals surface area (Å²) in [6.07, 6.45) is 0.241. The number of carbonyl (C=O) groups excluding carboxylic acids is 2. The molecule has 0 saturated heterocycles. The van der Waals surface area contributed by atoms with Gasteiger partial charge >= 0.3 is 0 Å². The van der Waals surface area contributed by atoms with E-state index in [9.17, 15) is 14.0 Å². The Labute approximate surface area is 209 Å². The maximum atomic E-state index is 14.4. The number of nitrogens with zero attached hydrogens (tertiary/aromatic N) is 1. The van der Waals surface area contributed by atoms with Gasteiger partial charge in [0.2, 0.25) is 11.8 Å². The first-order valence-corrected chi connectivity index (χ1v) is 12.2. The molecule has 0 aliphatic carbocycles. The SMILES string of the molecule is CC(C)CNC(=O)[C@H](Cc1ccccc1)N(Cc1cccc(Br)c1)C(=O)Cc1ccccc1F. The second kappa shape index (κ2) is 12.5. The van der Waals surface area contributed by atoms with Crippen LogP contribution in [0.1, 0.15) is 30.5 Å². The summed E-state index contributed by atoms with van der Waals surface area (Å²) >= 11 is 3.48. The summed E-state index contributed by atoms with van der Waals surface area (Å²) in [4.78, 5) is 28.6. The summed E-state index contributed by atoms with van der Waals surface area (Å²) in [5, 5.41) is 2.99. The number of rotatable bonds is 10. The van der Waals surface area contributed by atoms with E-state index in [2.05, 4.69) is 21.2 Å². The number of benzene rings is 3. The second-order valence-electron chi connectivity index (χ2n) is 8.76. The fraction of sp³-hybridized carbons (Fsp3) is 0.286. The summed E-state index contributed by atoms with van der Waals surface area (Å²) in [5.41, 5.74) is 2.14. The van der Waals surface area contributed by atoms with Crippen molar-refractivity contribution in [2.75, 3.05) is 6.54 Å². The summed E-state index contributed by atoms with van der Waals surface area (Å²) in [7, 11) is 0. The van der Waals surface area contributed by atoms with E-state index in [1.54, 1.807) is 23.1 Å². The molecule has 0 unspecified atom stereocenters. The van der Waals surface area contributed by atoms with Crippen molar-refractivity contribution in [1.29, 1.82) is 0 Å². The summed E-state index contributed by atoms with van der Waals surface area (Å²) in [5.74, 6) is -0.670. The van der Waals surface area contributed by atoms with Crippen molar-refractivity contribution in [3.63, 3.8) is 0 Å². The Morgan fingerprint density at radius 3 is 2.29 bits per heavy atom. The van der Waals surface area contributed by atoms with Gasteiger partial charge < -0.3 is 10.2 Å². The number of hydrogen-bond acceptors (Lipinski definition) is 2. The van der Waals surface area contributed by atoms with Gasteiger partial charge in [0, 0.05) is 24.0 Å². The molecule has 0 aliphatic heterocycles. The molecule has 0 aromatic heterocycles. The highest BCUT2D eigenvalue weighted by Crippen LogP contribution is 2.19. The molecule has 0 saturated carbocycles. The molecule has 2 amide bonds. The Hall–Kier alpha value is -2.99. The van der Waals surface area contributed by atoms with Crippen LogP contribution in [0.3, 0.4) is 0 Å². The summed E-state index contributed by atoms with van der Waals surface area (Å²) in [6.45, 7) is 4.79. The largest absolute Gasteiger partial charge is 0.354 e. The van der Waals surface area contributed by atoms with Crippen molar-refractivity contribution >= 4 is 27.7 Å². The molecule has 1 atom stereocenters. The van der Waals surface area contributed by atoms with Crippen molar-refractivity contribution < 1.29 is 14.0 Å². The first-order chi connectivity index (χ1) is 16.3. The van der Waals surface area contributed by atoms with Gasteiger partial charge in [0.15, 0.2) is 0 Å². The zero-order valence-electron chi connectivity index (χ0n) is 19.5. The molecule has 0 radical (unpaired) electrons. The Morgan fingerprint density at radius 1 is 0.941 bits per heavy atom. The number of hydrogen-bond donors (Lipinski definition) is 1. The van der Waals surface area contributed by atoms with Crippen LogP contribution in [-0.2, 0) is 29.0 Å². The third-order valence-electron chi connectivity index (χ3n) is 5.50. The van der Waals surface area contributed by atoms with Crippen molar-refractivity contribution in [2.45, 2.75) is 39.3 Å². The predicted octanol–water partition coefficient (Wildman–Crippen LogP) is 5.54. The van der Waals surface area contributed by atoms with Gasteiger partial charge in [-0.3, -0.25) is 9.59 Å². The molecule has 0 fully saturated rings. The van der Waals surface area contributed by atoms with Crippen LogP contribution < -0.4 is 5.32 Å². The standard InChI is InChI=1S/C28H30BrFN2O2/c1-20(2)18-31-28(34)26(16-21-9-4-3-5-10-21)32(19-22-11-8-13-24(29)15-22)27(33)17-23-12-6-7-14-25(23)30/h3-15,20,26H,16-19H2,1-2H3,(H,31,34)/t26-/m0/s1. The average molecular weight is 525 g/mol. The van der Waals surface area contributed by atoms with Crippen LogP contribution in [0.15, 0.2) is 83.3 Å². The van der Waals surface area contributed by atoms with Crippen LogP contribution in [0.5, 0.6) is 0 Å². The maximum Gasteiger partial charge on any atom is 0.243 e. The molecule has 0 heterocycles. The van der Waals surface area contributed by atoms with Crippen molar-refractivity contribution in [3.8, 4) is 0 Å². The molecular weight excluding hydrogens is 495 g/mol. The van der Waals surface area contributed by atoms with E-state index >= 15 is 0 Å². The van der Waals surface area contributed by atoms with E-state index in [1.165, 1.54) is 6.07 Å². The minimum atomic E-state index is -0.737. The van der Waals surface area contributed by atoms with Gasteiger partial charge in [-0.15, -0.1) is 0 Å². The van der Waals surface area contributed by atoms with Crippen molar-refractivity contribution in [3.05, 3.63) is 106 Å². The molecule has 3 aromatic rings. The number of amides is 2. The lowest BCUT2D eigenvalue weighted by atomic mass is 10.0. The predicted molar refractivity (Wildman–Crippen MR) is 137 cm³/mol. The van der Waals surface area contributed by atoms with Gasteiger partial charge in [-0.05, 0) is 40.8 Å². The fourth-order valence-electron chi connectivity index (χ4n) is 3.71. The highest BCUT2D eigenvalue weighted by atomic mass is 79.9. The lowest BCUT2D eigenvalue weighted by Crippen LogP contribution is -2.51. The molecule has 178 valence electrons. The minimum Gasteiger partial charge on any atom is -0.354 e. The van der Waals surface area contributed by atoms with Crippen LogP contribution in [0.2, 0.25) is 0 Å². The zero-order chi connectivity index (χ0) is 24.5. The quantitative estimate of drug-likeness (QED) is 0.378. The first-order valence-electron chi connectivity index (χ1n) is 11.4. The normalized spacial score (nSPS) is 11.8. The molecule has 3 aromatic carbocycles. The van der Waals surface area contributed by atoms with E-state index in [0.29, 0.717) is 18.5 Å². The Balaban J connectivity index is 1.97. The Morgan fingerprint density at radius 2 is 1.62 bits per heavy atom. The summed E-state index contributed by atoms with van der Waals surface area (Å²) < 4.78 is 15.2. The third-order valence-corrected chi connectivity index (χ3v) is 5.99. The van der Waals surface area contributed by atoms with Crippen LogP contribution in [-0.4, -0.2) is 29.3 Å². The highest BCUT2D eigenvalue weighted by Gasteiger charge is 2.30. The van der Waals surface area contributed by atoms with E-state index in [-0.39, 0.29) is 30.7 Å². The third kappa shape index (κ3) is 7.52. The number of nitrogens with one attached hydrogen (secondary N) is 1. The molecular formula is C28H30BrFN2O2. The van der Waals surface area contributed by atoms with Gasteiger partial charge in [0.25, 0.3) is 0 Å². The van der Waals surface area contributed by atoms with E-state index in [1.807, 2.05) is 68.4 Å². The first kappa shape index (κ1) is 25.6. The zero-order valence-corrected chi connectivity index (χ0v) is 21.1. The van der Waals surface area contributed by atoms with Crippen molar-refractivity contribution in [2.24, 2.45) is 5.92 Å². The van der Waals surface area contributed by atoms with Gasteiger partial charge in [-0.2, -0.15) is 0 Å². The molecule has 1 N–H and O–H groups in total. The van der Waals surface area contributed by atoms with Crippen LogP contribution >= 0.6 is 15.9 Å². The van der Waals surface area contributed by atoms with Gasteiger partial charge in [-0.1, -0.05) is 90.4 Å². The Kier molecular flexibility index (Phi) is 9.40. The molecule has 6 heteroatoms. The summed E-state index contributed by atoms with van der Waals surface area (Å²) in [6, 6.07) is 22.8. The maximum absolute atomic E-state index is 14.4. The van der Waals surface area contributed by atoms with Crippen LogP contribution in [0, 0.1) is 11.7 Å². The minimum absolute atomic E-state index is 0.122. The smallest absolute Gasteiger partial charge is 0.243 e. The van der Waals surface area contributed by atoms with Crippen LogP contribution in [0.4, 0.5) is 4.39 Å². The monoisotopic (exact) mass is 524 g/mol. The number of carbonyl (C=O) groups is 2.